The number of hydrogen-bond donors (Lipinski definition) is 3. The Labute approximate surface area is 133 Å². The van der Waals surface area contributed by atoms with Crippen LogP contribution in [-0.2, 0) is 19.1 Å². The van der Waals surface area contributed by atoms with Gasteiger partial charge in [0.1, 0.15) is 11.6 Å². The predicted molar refractivity (Wildman–Crippen MR) is 82.9 cm³/mol. The van der Waals surface area contributed by atoms with Gasteiger partial charge in [0, 0.05) is 19.5 Å². The van der Waals surface area contributed by atoms with Gasteiger partial charge < -0.3 is 21.1 Å². The minimum atomic E-state index is -0.783. The van der Waals surface area contributed by atoms with E-state index in [1.54, 1.807) is 20.8 Å². The first-order valence-electron chi connectivity index (χ1n) is 6.74. The van der Waals surface area contributed by atoms with E-state index in [-0.39, 0.29) is 30.0 Å². The summed E-state index contributed by atoms with van der Waals surface area (Å²) < 4.78 is 5.17. The summed E-state index contributed by atoms with van der Waals surface area (Å²) in [5.74, 6) is -1.10. The van der Waals surface area contributed by atoms with Crippen LogP contribution in [-0.4, -0.2) is 47.8 Å². The van der Waals surface area contributed by atoms with Crippen LogP contribution in [0, 0.1) is 0 Å². The van der Waals surface area contributed by atoms with Gasteiger partial charge in [0.15, 0.2) is 0 Å². The quantitative estimate of drug-likeness (QED) is 0.416. The van der Waals surface area contributed by atoms with Crippen LogP contribution >= 0.6 is 15.9 Å². The first kappa shape index (κ1) is 19.9. The highest BCUT2D eigenvalue weighted by Gasteiger charge is 2.23. The Kier molecular flexibility index (Phi) is 9.19. The number of alkyl halides is 1. The number of halogens is 1. The van der Waals surface area contributed by atoms with Gasteiger partial charge in [-0.3, -0.25) is 14.4 Å². The van der Waals surface area contributed by atoms with Gasteiger partial charge in [-0.15, -0.1) is 0 Å². The lowest BCUT2D eigenvalue weighted by atomic mass is 10.1. The van der Waals surface area contributed by atoms with Gasteiger partial charge in [0.25, 0.3) is 0 Å². The second kappa shape index (κ2) is 9.73. The molecule has 0 aromatic rings. The van der Waals surface area contributed by atoms with Crippen LogP contribution in [0.15, 0.2) is 0 Å². The van der Waals surface area contributed by atoms with Gasteiger partial charge >= 0.3 is 5.97 Å². The molecular formula is C13H24BrN3O4. The van der Waals surface area contributed by atoms with Gasteiger partial charge in [-0.2, -0.15) is 0 Å². The van der Waals surface area contributed by atoms with Crippen molar-refractivity contribution in [3.05, 3.63) is 0 Å². The molecule has 0 aliphatic heterocycles. The molecule has 0 rings (SSSR count). The van der Waals surface area contributed by atoms with Crippen LogP contribution in [0.25, 0.3) is 0 Å². The highest BCUT2D eigenvalue weighted by atomic mass is 79.9. The van der Waals surface area contributed by atoms with Gasteiger partial charge in [-0.1, -0.05) is 15.9 Å². The molecule has 21 heavy (non-hydrogen) atoms. The molecule has 0 saturated carbocycles. The molecule has 0 fully saturated rings. The maximum Gasteiger partial charge on any atom is 0.306 e. The Bertz CT molecular complexity index is 369. The number of amides is 2. The third-order valence-electron chi connectivity index (χ3n) is 2.27. The SMILES string of the molecule is CC(C)(C)OC(=O)CCC(NC(=O)CBr)C(=O)NCCN. The second-order valence-electron chi connectivity index (χ2n) is 5.46. The lowest BCUT2D eigenvalue weighted by molar-refractivity contribution is -0.155. The number of carbonyl (C=O) groups is 3. The van der Waals surface area contributed by atoms with Crippen LogP contribution < -0.4 is 16.4 Å². The third kappa shape index (κ3) is 10.3. The van der Waals surface area contributed by atoms with Gasteiger partial charge in [-0.25, -0.2) is 0 Å². The number of hydrogen-bond acceptors (Lipinski definition) is 5. The van der Waals surface area contributed by atoms with Crippen molar-refractivity contribution in [3.63, 3.8) is 0 Å². The molecule has 0 spiro atoms. The molecule has 4 N–H and O–H groups in total. The fourth-order valence-corrected chi connectivity index (χ4v) is 1.64. The van der Waals surface area contributed by atoms with Gasteiger partial charge in [0.05, 0.1) is 5.33 Å². The van der Waals surface area contributed by atoms with E-state index in [9.17, 15) is 14.4 Å². The van der Waals surface area contributed by atoms with E-state index in [4.69, 9.17) is 10.5 Å². The van der Waals surface area contributed by atoms with Crippen LogP contribution in [0.1, 0.15) is 33.6 Å². The molecule has 0 aliphatic rings. The molecule has 1 atom stereocenters. The zero-order valence-corrected chi connectivity index (χ0v) is 14.3. The zero-order valence-electron chi connectivity index (χ0n) is 12.7. The largest absolute Gasteiger partial charge is 0.460 e. The zero-order chi connectivity index (χ0) is 16.5. The second-order valence-corrected chi connectivity index (χ2v) is 6.02. The maximum absolute atomic E-state index is 11.9. The van der Waals surface area contributed by atoms with Crippen molar-refractivity contribution in [3.8, 4) is 0 Å². The summed E-state index contributed by atoms with van der Waals surface area (Å²) >= 11 is 3.01. The van der Waals surface area contributed by atoms with Crippen LogP contribution in [0.3, 0.4) is 0 Å². The fourth-order valence-electron chi connectivity index (χ4n) is 1.48. The molecule has 0 radical (unpaired) electrons. The number of esters is 1. The highest BCUT2D eigenvalue weighted by molar-refractivity contribution is 9.09. The third-order valence-corrected chi connectivity index (χ3v) is 2.78. The molecule has 0 bridgehead atoms. The molecule has 1 unspecified atom stereocenters. The maximum atomic E-state index is 11.9. The van der Waals surface area contributed by atoms with Gasteiger partial charge in [0.2, 0.25) is 11.8 Å². The molecule has 2 amide bonds. The molecule has 7 nitrogen and oxygen atoms in total. The highest BCUT2D eigenvalue weighted by Crippen LogP contribution is 2.10. The molecule has 122 valence electrons. The fraction of sp³-hybridized carbons (Fsp3) is 0.769. The van der Waals surface area contributed by atoms with Crippen molar-refractivity contribution in [2.75, 3.05) is 18.4 Å². The van der Waals surface area contributed by atoms with Crippen LogP contribution in [0.5, 0.6) is 0 Å². The number of nitrogens with two attached hydrogens (primary N) is 1. The van der Waals surface area contributed by atoms with E-state index in [0.29, 0.717) is 13.1 Å². The molecule has 0 aromatic carbocycles. The molecule has 0 heterocycles. The van der Waals surface area contributed by atoms with Crippen molar-refractivity contribution >= 4 is 33.7 Å². The van der Waals surface area contributed by atoms with E-state index in [2.05, 4.69) is 26.6 Å². The first-order chi connectivity index (χ1) is 9.69. The van der Waals surface area contributed by atoms with E-state index in [1.165, 1.54) is 0 Å². The number of carbonyl (C=O) groups excluding carboxylic acids is 3. The standard InChI is InChI=1S/C13H24BrN3O4/c1-13(2,3)21-11(19)5-4-9(17-10(18)8-14)12(20)16-7-6-15/h9H,4-8,15H2,1-3H3,(H,16,20)(H,17,18). The minimum absolute atomic E-state index is 0.0422. The lowest BCUT2D eigenvalue weighted by Crippen LogP contribution is -2.48. The average Bonchev–Trinajstić information content (AvgIpc) is 2.38. The molecular weight excluding hydrogens is 342 g/mol. The molecule has 0 aliphatic carbocycles. The monoisotopic (exact) mass is 365 g/mol. The summed E-state index contributed by atoms with van der Waals surface area (Å²) in [6.07, 6.45) is 0.213. The van der Waals surface area contributed by atoms with Crippen molar-refractivity contribution in [2.45, 2.75) is 45.3 Å². The smallest absolute Gasteiger partial charge is 0.306 e. The molecule has 0 saturated heterocycles. The summed E-state index contributed by atoms with van der Waals surface area (Å²) in [4.78, 5) is 35.0. The van der Waals surface area contributed by atoms with Crippen molar-refractivity contribution in [2.24, 2.45) is 5.73 Å². The number of rotatable bonds is 8. The topological polar surface area (TPSA) is 111 Å². The number of nitrogens with one attached hydrogen (secondary N) is 2. The van der Waals surface area contributed by atoms with E-state index in [0.717, 1.165) is 0 Å². The summed E-state index contributed by atoms with van der Waals surface area (Å²) in [6, 6.07) is -0.783. The normalized spacial score (nSPS) is 12.4. The van der Waals surface area contributed by atoms with Crippen molar-refractivity contribution in [1.29, 1.82) is 0 Å². The Morgan fingerprint density at radius 2 is 1.90 bits per heavy atom. The Hall–Kier alpha value is -1.15. The Morgan fingerprint density at radius 1 is 1.29 bits per heavy atom. The van der Waals surface area contributed by atoms with Crippen LogP contribution in [0.2, 0.25) is 0 Å². The Morgan fingerprint density at radius 3 is 2.38 bits per heavy atom. The molecule has 8 heteroatoms. The van der Waals surface area contributed by atoms with E-state index in [1.807, 2.05) is 0 Å². The average molecular weight is 366 g/mol. The van der Waals surface area contributed by atoms with E-state index < -0.39 is 17.6 Å². The van der Waals surface area contributed by atoms with E-state index >= 15 is 0 Å². The minimum Gasteiger partial charge on any atom is -0.460 e. The predicted octanol–water partition coefficient (Wildman–Crippen LogP) is 0.0629. The summed E-state index contributed by atoms with van der Waals surface area (Å²) in [5.41, 5.74) is 4.74. The lowest BCUT2D eigenvalue weighted by Gasteiger charge is -2.21. The summed E-state index contributed by atoms with van der Waals surface area (Å²) in [7, 11) is 0. The first-order valence-corrected chi connectivity index (χ1v) is 7.86. The summed E-state index contributed by atoms with van der Waals surface area (Å²) in [5, 5.41) is 5.22. The van der Waals surface area contributed by atoms with Crippen LogP contribution in [0.4, 0.5) is 0 Å². The van der Waals surface area contributed by atoms with Crippen molar-refractivity contribution < 1.29 is 19.1 Å². The van der Waals surface area contributed by atoms with Gasteiger partial charge in [-0.05, 0) is 27.2 Å². The number of ether oxygens (including phenoxy) is 1. The molecule has 0 aromatic heterocycles. The summed E-state index contributed by atoms with van der Waals surface area (Å²) in [6.45, 7) is 5.91. The Balaban J connectivity index is 4.49. The van der Waals surface area contributed by atoms with Crippen molar-refractivity contribution in [1.82, 2.24) is 10.6 Å².